The Labute approximate surface area is 417 Å². The van der Waals surface area contributed by atoms with Crippen LogP contribution in [0.1, 0.15) is 49.9 Å². The normalized spacial score (nSPS) is 14.1. The van der Waals surface area contributed by atoms with Crippen molar-refractivity contribution in [1.82, 2.24) is 0 Å². The summed E-state index contributed by atoms with van der Waals surface area (Å²) in [7, 11) is 0. The van der Waals surface area contributed by atoms with Gasteiger partial charge in [-0.2, -0.15) is 0 Å². The van der Waals surface area contributed by atoms with E-state index in [9.17, 15) is 0 Å². The van der Waals surface area contributed by atoms with E-state index >= 15 is 0 Å². The Hall–Kier alpha value is -8.86. The van der Waals surface area contributed by atoms with Gasteiger partial charge >= 0.3 is 0 Å². The van der Waals surface area contributed by atoms with Crippen LogP contribution in [0, 0.1) is 0 Å². The molecule has 0 spiro atoms. The molecule has 0 atom stereocenters. The maximum atomic E-state index is 7.27. The summed E-state index contributed by atoms with van der Waals surface area (Å²) in [4.78, 5) is 4.75. The zero-order valence-electron chi connectivity index (χ0n) is 40.5. The number of benzene rings is 11. The molecule has 4 nitrogen and oxygen atoms in total. The summed E-state index contributed by atoms with van der Waals surface area (Å²) in [5, 5.41) is 9.26. The van der Waals surface area contributed by atoms with Crippen molar-refractivity contribution in [3.8, 4) is 22.3 Å². The predicted octanol–water partition coefficient (Wildman–Crippen LogP) is 19.3. The summed E-state index contributed by atoms with van der Waals surface area (Å²) < 4.78 is 14.5. The summed E-state index contributed by atoms with van der Waals surface area (Å²) in [5.41, 5.74) is 19.3. The molecule has 2 aliphatic carbocycles. The molecule has 0 radical (unpaired) electrons. The minimum atomic E-state index is -0.389. The Balaban J connectivity index is 1.04. The molecule has 0 amide bonds. The number of rotatable bonds is 6. The number of para-hydroxylation sites is 4. The van der Waals surface area contributed by atoms with Crippen LogP contribution in [0.3, 0.4) is 0 Å². The first-order valence-corrected chi connectivity index (χ1v) is 25.1. The first kappa shape index (κ1) is 41.0. The van der Waals surface area contributed by atoms with Gasteiger partial charge in [0.2, 0.25) is 0 Å². The van der Waals surface area contributed by atoms with E-state index in [1.54, 1.807) is 0 Å². The van der Waals surface area contributed by atoms with Crippen molar-refractivity contribution in [2.75, 3.05) is 9.80 Å². The summed E-state index contributed by atoms with van der Waals surface area (Å²) in [6.45, 7) is 9.68. The second-order valence-electron chi connectivity index (χ2n) is 20.8. The molecular formula is C68H48N2O2. The molecule has 0 N–H and O–H groups in total. The molecule has 0 saturated carbocycles. The number of nitrogens with zero attached hydrogens (tertiary/aromatic N) is 2. The maximum Gasteiger partial charge on any atom is 0.160 e. The van der Waals surface area contributed by atoms with Crippen LogP contribution in [-0.4, -0.2) is 0 Å². The lowest BCUT2D eigenvalue weighted by molar-refractivity contribution is 0.650. The highest BCUT2D eigenvalue weighted by Gasteiger charge is 2.45. The number of hydrogen-bond donors (Lipinski definition) is 0. The van der Waals surface area contributed by atoms with Crippen molar-refractivity contribution < 1.29 is 8.83 Å². The van der Waals surface area contributed by atoms with Crippen LogP contribution in [0.5, 0.6) is 0 Å². The Kier molecular flexibility index (Phi) is 8.44. The Morgan fingerprint density at radius 3 is 0.958 bits per heavy atom. The summed E-state index contributed by atoms with van der Waals surface area (Å²) >= 11 is 0. The number of fused-ring (bicyclic) bond motifs is 16. The zero-order chi connectivity index (χ0) is 48.0. The van der Waals surface area contributed by atoms with Crippen LogP contribution in [-0.2, 0) is 10.8 Å². The quantitative estimate of drug-likeness (QED) is 0.166. The van der Waals surface area contributed by atoms with Gasteiger partial charge in [0, 0.05) is 55.1 Å². The fourth-order valence-corrected chi connectivity index (χ4v) is 12.6. The van der Waals surface area contributed by atoms with Gasteiger partial charge in [-0.3, -0.25) is 0 Å². The molecule has 15 rings (SSSR count). The van der Waals surface area contributed by atoms with E-state index in [0.717, 1.165) is 88.8 Å². The molecule has 11 aromatic carbocycles. The summed E-state index contributed by atoms with van der Waals surface area (Å²) in [6.07, 6.45) is 0. The van der Waals surface area contributed by atoms with Crippen LogP contribution in [0.25, 0.3) is 87.7 Å². The molecule has 0 saturated heterocycles. The minimum absolute atomic E-state index is 0.389. The summed E-state index contributed by atoms with van der Waals surface area (Å²) in [5.74, 6) is 0. The van der Waals surface area contributed by atoms with Gasteiger partial charge in [0.25, 0.3) is 0 Å². The molecule has 0 bridgehead atoms. The molecule has 0 unspecified atom stereocenters. The second-order valence-corrected chi connectivity index (χ2v) is 20.8. The molecule has 2 heterocycles. The Morgan fingerprint density at radius 2 is 0.625 bits per heavy atom. The average Bonchev–Trinajstić information content (AvgIpc) is 4.10. The summed E-state index contributed by atoms with van der Waals surface area (Å²) in [6, 6.07) is 79.3. The smallest absolute Gasteiger partial charge is 0.160 e. The van der Waals surface area contributed by atoms with Crippen molar-refractivity contribution in [3.05, 3.63) is 241 Å². The van der Waals surface area contributed by atoms with Gasteiger partial charge in [-0.25, -0.2) is 0 Å². The molecule has 0 aliphatic heterocycles. The van der Waals surface area contributed by atoms with Crippen LogP contribution >= 0.6 is 0 Å². The number of hydrogen-bond acceptors (Lipinski definition) is 4. The molecule has 4 heteroatoms. The van der Waals surface area contributed by atoms with E-state index in [4.69, 9.17) is 8.83 Å². The van der Waals surface area contributed by atoms with Gasteiger partial charge in [0.1, 0.15) is 11.2 Å². The number of anilines is 6. The third-order valence-electron chi connectivity index (χ3n) is 16.1. The van der Waals surface area contributed by atoms with Gasteiger partial charge in [0.15, 0.2) is 11.2 Å². The van der Waals surface area contributed by atoms with Gasteiger partial charge in [-0.1, -0.05) is 149 Å². The second kappa shape index (κ2) is 14.8. The lowest BCUT2D eigenvalue weighted by Gasteiger charge is -2.28. The fraction of sp³-hybridized carbons (Fsp3) is 0.0882. The standard InChI is InChI=1S/C68H48N2O2/c1-67(2)53-37-50-54(38-49(53)61-55(67)39-57(69(45-25-9-5-10-26-45)46-27-11-6-12-28-46)65-63(61)51-33-41-21-17-19-23-43(41)35-59(51)71-65)68(3,4)56-40-58(70(47-29-13-7-14-30-47)48-31-15-8-16-32-48)66-64(62(50)56)52-34-42-22-18-20-24-44(42)36-60(52)72-66/h5-40H,1-4H3. The van der Waals surface area contributed by atoms with Crippen molar-refractivity contribution in [2.45, 2.75) is 38.5 Å². The minimum Gasteiger partial charge on any atom is -0.454 e. The van der Waals surface area contributed by atoms with Gasteiger partial charge in [-0.05, 0) is 163 Å². The predicted molar refractivity (Wildman–Crippen MR) is 301 cm³/mol. The van der Waals surface area contributed by atoms with Crippen molar-refractivity contribution in [1.29, 1.82) is 0 Å². The number of furan rings is 2. The molecule has 342 valence electrons. The van der Waals surface area contributed by atoms with Crippen molar-refractivity contribution in [3.63, 3.8) is 0 Å². The van der Waals surface area contributed by atoms with Gasteiger partial charge in [-0.15, -0.1) is 0 Å². The first-order valence-electron chi connectivity index (χ1n) is 25.1. The lowest BCUT2D eigenvalue weighted by atomic mass is 9.79. The van der Waals surface area contributed by atoms with Gasteiger partial charge < -0.3 is 18.6 Å². The average molecular weight is 925 g/mol. The molecular weight excluding hydrogens is 877 g/mol. The van der Waals surface area contributed by atoms with Crippen LogP contribution in [0.2, 0.25) is 0 Å². The van der Waals surface area contributed by atoms with Gasteiger partial charge in [0.05, 0.1) is 11.4 Å². The highest BCUT2D eigenvalue weighted by atomic mass is 16.3. The van der Waals surface area contributed by atoms with E-state index in [2.05, 4.69) is 256 Å². The Bertz CT molecular complexity index is 4010. The molecule has 0 fully saturated rings. The molecule has 13 aromatic rings. The van der Waals surface area contributed by atoms with E-state index in [-0.39, 0.29) is 10.8 Å². The van der Waals surface area contributed by atoms with E-state index < -0.39 is 0 Å². The maximum absolute atomic E-state index is 7.27. The van der Waals surface area contributed by atoms with E-state index in [0.29, 0.717) is 0 Å². The van der Waals surface area contributed by atoms with E-state index in [1.807, 2.05) is 0 Å². The lowest BCUT2D eigenvalue weighted by Crippen LogP contribution is -2.18. The highest BCUT2D eigenvalue weighted by Crippen LogP contribution is 2.62. The van der Waals surface area contributed by atoms with Crippen molar-refractivity contribution in [2.24, 2.45) is 0 Å². The monoisotopic (exact) mass is 924 g/mol. The third-order valence-corrected chi connectivity index (χ3v) is 16.1. The highest BCUT2D eigenvalue weighted by molar-refractivity contribution is 6.23. The third kappa shape index (κ3) is 5.69. The first-order chi connectivity index (χ1) is 35.2. The van der Waals surface area contributed by atoms with Crippen LogP contribution in [0.4, 0.5) is 34.1 Å². The van der Waals surface area contributed by atoms with Crippen molar-refractivity contribution >= 4 is 99.5 Å². The fourth-order valence-electron chi connectivity index (χ4n) is 12.6. The SMILES string of the molecule is CC1(C)c2cc3c(cc2-c2c1cc(N(c1ccccc1)c1ccccc1)c1oc4cc5ccccc5cc4c21)C(C)(C)c1cc(N(c2ccccc2)c2ccccc2)c2oc4cc5ccccc5cc4c2c1-3. The topological polar surface area (TPSA) is 32.8 Å². The molecule has 72 heavy (non-hydrogen) atoms. The molecule has 2 aliphatic rings. The van der Waals surface area contributed by atoms with Crippen LogP contribution < -0.4 is 9.80 Å². The van der Waals surface area contributed by atoms with E-state index in [1.165, 1.54) is 55.3 Å². The van der Waals surface area contributed by atoms with Crippen LogP contribution in [0.15, 0.2) is 227 Å². The Morgan fingerprint density at radius 1 is 0.319 bits per heavy atom. The molecule has 2 aromatic heterocycles. The zero-order valence-corrected chi connectivity index (χ0v) is 40.5. The largest absolute Gasteiger partial charge is 0.454 e.